The summed E-state index contributed by atoms with van der Waals surface area (Å²) < 4.78 is 0. The van der Waals surface area contributed by atoms with Gasteiger partial charge in [-0.3, -0.25) is 4.79 Å². The van der Waals surface area contributed by atoms with Crippen molar-refractivity contribution in [3.05, 3.63) is 64.7 Å². The molecule has 2 aromatic rings. The molecule has 22 heavy (non-hydrogen) atoms. The molecular formula is C17H19N3O2. The van der Waals surface area contributed by atoms with Crippen molar-refractivity contribution in [3.63, 3.8) is 0 Å². The molecule has 0 bridgehead atoms. The third kappa shape index (κ3) is 3.69. The van der Waals surface area contributed by atoms with Crippen molar-refractivity contribution in [1.29, 1.82) is 0 Å². The lowest BCUT2D eigenvalue weighted by Gasteiger charge is -2.07. The van der Waals surface area contributed by atoms with Crippen LogP contribution in [0, 0.1) is 0 Å². The van der Waals surface area contributed by atoms with Crippen LogP contribution in [0.4, 0.5) is 0 Å². The van der Waals surface area contributed by atoms with Crippen LogP contribution in [0.5, 0.6) is 0 Å². The standard InChI is InChI=1S/C17H19N3O2/c1-4-9-18-16(21)15-10-14(19-17(22)20-15)13-7-5-12(6-8-13)11(2)3/h4-8,10-11H,1,9H2,2-3H3,(H,18,21)(H,19,20,22). The number of aromatic nitrogens is 2. The van der Waals surface area contributed by atoms with Gasteiger partial charge in [0.05, 0.1) is 5.69 Å². The summed E-state index contributed by atoms with van der Waals surface area (Å²) in [5.74, 6) is 0.0703. The van der Waals surface area contributed by atoms with Gasteiger partial charge in [0, 0.05) is 12.1 Å². The molecule has 0 atom stereocenters. The summed E-state index contributed by atoms with van der Waals surface area (Å²) in [5.41, 5.74) is 2.12. The first-order valence-electron chi connectivity index (χ1n) is 7.12. The van der Waals surface area contributed by atoms with Crippen LogP contribution in [-0.4, -0.2) is 22.4 Å². The Morgan fingerprint density at radius 2 is 2.05 bits per heavy atom. The third-order valence-corrected chi connectivity index (χ3v) is 3.27. The number of amides is 1. The number of carbonyl (C=O) groups is 1. The van der Waals surface area contributed by atoms with Crippen LogP contribution in [0.3, 0.4) is 0 Å². The molecule has 2 N–H and O–H groups in total. The first-order valence-corrected chi connectivity index (χ1v) is 7.12. The Morgan fingerprint density at radius 3 is 2.64 bits per heavy atom. The van der Waals surface area contributed by atoms with Gasteiger partial charge in [-0.1, -0.05) is 44.2 Å². The maximum atomic E-state index is 11.9. The molecule has 114 valence electrons. The van der Waals surface area contributed by atoms with Crippen LogP contribution in [-0.2, 0) is 0 Å². The molecule has 0 radical (unpaired) electrons. The fourth-order valence-electron chi connectivity index (χ4n) is 2.03. The van der Waals surface area contributed by atoms with E-state index in [0.29, 0.717) is 18.2 Å². The van der Waals surface area contributed by atoms with Crippen LogP contribution in [0.15, 0.2) is 47.8 Å². The number of hydrogen-bond acceptors (Lipinski definition) is 3. The molecule has 5 heteroatoms. The Kier molecular flexibility index (Phi) is 4.88. The highest BCUT2D eigenvalue weighted by molar-refractivity contribution is 5.93. The van der Waals surface area contributed by atoms with Crippen LogP contribution in [0.2, 0.25) is 0 Å². The van der Waals surface area contributed by atoms with E-state index in [4.69, 9.17) is 0 Å². The summed E-state index contributed by atoms with van der Waals surface area (Å²) in [4.78, 5) is 30.0. The quantitative estimate of drug-likeness (QED) is 0.833. The number of H-pyrrole nitrogens is 1. The Balaban J connectivity index is 2.35. The SMILES string of the molecule is C=CCNC(=O)c1cc(-c2ccc(C(C)C)cc2)nc(=O)[nH]1. The molecule has 0 spiro atoms. The van der Waals surface area contributed by atoms with E-state index >= 15 is 0 Å². The lowest BCUT2D eigenvalue weighted by atomic mass is 10.0. The Morgan fingerprint density at radius 1 is 1.36 bits per heavy atom. The fraction of sp³-hybridized carbons (Fsp3) is 0.235. The zero-order valence-corrected chi connectivity index (χ0v) is 12.7. The summed E-state index contributed by atoms with van der Waals surface area (Å²) in [7, 11) is 0. The monoisotopic (exact) mass is 297 g/mol. The van der Waals surface area contributed by atoms with Gasteiger partial charge >= 0.3 is 5.69 Å². The lowest BCUT2D eigenvalue weighted by Crippen LogP contribution is -2.27. The van der Waals surface area contributed by atoms with Crippen LogP contribution in [0.1, 0.15) is 35.8 Å². The van der Waals surface area contributed by atoms with Gasteiger partial charge in [0.1, 0.15) is 5.69 Å². The average molecular weight is 297 g/mol. The van der Waals surface area contributed by atoms with Gasteiger partial charge in [-0.15, -0.1) is 6.58 Å². The second-order valence-electron chi connectivity index (χ2n) is 5.26. The zero-order chi connectivity index (χ0) is 16.1. The number of aromatic amines is 1. The molecule has 0 saturated heterocycles. The molecule has 1 aromatic heterocycles. The molecule has 5 nitrogen and oxygen atoms in total. The minimum Gasteiger partial charge on any atom is -0.347 e. The Labute approximate surface area is 129 Å². The van der Waals surface area contributed by atoms with Crippen LogP contribution < -0.4 is 11.0 Å². The number of nitrogens with zero attached hydrogens (tertiary/aromatic N) is 1. The van der Waals surface area contributed by atoms with E-state index in [1.165, 1.54) is 5.56 Å². The van der Waals surface area contributed by atoms with Crippen molar-refractivity contribution in [2.45, 2.75) is 19.8 Å². The molecular weight excluding hydrogens is 278 g/mol. The van der Waals surface area contributed by atoms with Gasteiger partial charge < -0.3 is 10.3 Å². The molecule has 0 aliphatic rings. The highest BCUT2D eigenvalue weighted by atomic mass is 16.2. The topological polar surface area (TPSA) is 74.8 Å². The number of hydrogen-bond donors (Lipinski definition) is 2. The largest absolute Gasteiger partial charge is 0.347 e. The van der Waals surface area contributed by atoms with Gasteiger partial charge in [-0.2, -0.15) is 4.98 Å². The molecule has 1 amide bonds. The van der Waals surface area contributed by atoms with E-state index in [-0.39, 0.29) is 11.6 Å². The van der Waals surface area contributed by atoms with Crippen molar-refractivity contribution in [2.75, 3.05) is 6.54 Å². The van der Waals surface area contributed by atoms with Crippen molar-refractivity contribution in [2.24, 2.45) is 0 Å². The fourth-order valence-corrected chi connectivity index (χ4v) is 2.03. The predicted octanol–water partition coefficient (Wildman–Crippen LogP) is 2.48. The second-order valence-corrected chi connectivity index (χ2v) is 5.26. The van der Waals surface area contributed by atoms with Gasteiger partial charge in [-0.05, 0) is 17.5 Å². The second kappa shape index (κ2) is 6.85. The zero-order valence-electron chi connectivity index (χ0n) is 12.7. The van der Waals surface area contributed by atoms with E-state index in [1.54, 1.807) is 12.1 Å². The molecule has 1 heterocycles. The van der Waals surface area contributed by atoms with Crippen LogP contribution in [0.25, 0.3) is 11.3 Å². The molecule has 0 aliphatic heterocycles. The summed E-state index contributed by atoms with van der Waals surface area (Å²) in [6, 6.07) is 9.38. The minimum atomic E-state index is -0.547. The maximum Gasteiger partial charge on any atom is 0.346 e. The van der Waals surface area contributed by atoms with Crippen molar-refractivity contribution in [3.8, 4) is 11.3 Å². The Bertz CT molecular complexity index is 730. The first-order chi connectivity index (χ1) is 10.5. The van der Waals surface area contributed by atoms with Crippen LogP contribution >= 0.6 is 0 Å². The van der Waals surface area contributed by atoms with Gasteiger partial charge in [0.15, 0.2) is 0 Å². The normalized spacial score (nSPS) is 10.5. The molecule has 0 aliphatic carbocycles. The number of rotatable bonds is 5. The van der Waals surface area contributed by atoms with Gasteiger partial charge in [0.25, 0.3) is 5.91 Å². The van der Waals surface area contributed by atoms with E-state index < -0.39 is 5.69 Å². The predicted molar refractivity (Wildman–Crippen MR) is 86.9 cm³/mol. The van der Waals surface area contributed by atoms with Gasteiger partial charge in [-0.25, -0.2) is 4.79 Å². The van der Waals surface area contributed by atoms with E-state index in [0.717, 1.165) is 5.56 Å². The molecule has 0 fully saturated rings. The van der Waals surface area contributed by atoms with Crippen molar-refractivity contribution < 1.29 is 4.79 Å². The summed E-state index contributed by atoms with van der Waals surface area (Å²) in [6.07, 6.45) is 1.57. The molecule has 2 rings (SSSR count). The molecule has 0 saturated carbocycles. The van der Waals surface area contributed by atoms with Gasteiger partial charge in [0.2, 0.25) is 0 Å². The summed E-state index contributed by atoms with van der Waals surface area (Å²) >= 11 is 0. The minimum absolute atomic E-state index is 0.185. The van der Waals surface area contributed by atoms with E-state index in [2.05, 4.69) is 35.7 Å². The van der Waals surface area contributed by atoms with Crippen molar-refractivity contribution >= 4 is 5.91 Å². The molecule has 0 unspecified atom stereocenters. The van der Waals surface area contributed by atoms with Crippen molar-refractivity contribution in [1.82, 2.24) is 15.3 Å². The molecule has 1 aromatic carbocycles. The highest BCUT2D eigenvalue weighted by Crippen LogP contribution is 2.20. The smallest absolute Gasteiger partial charge is 0.346 e. The summed E-state index contributed by atoms with van der Waals surface area (Å²) in [6.45, 7) is 8.09. The average Bonchev–Trinajstić information content (AvgIpc) is 2.52. The Hall–Kier alpha value is -2.69. The third-order valence-electron chi connectivity index (χ3n) is 3.27. The highest BCUT2D eigenvalue weighted by Gasteiger charge is 2.10. The number of carbonyl (C=O) groups excluding carboxylic acids is 1. The van der Waals surface area contributed by atoms with E-state index in [9.17, 15) is 9.59 Å². The van der Waals surface area contributed by atoms with E-state index in [1.807, 2.05) is 24.3 Å². The number of benzene rings is 1. The number of nitrogens with one attached hydrogen (secondary N) is 2. The lowest BCUT2D eigenvalue weighted by molar-refractivity contribution is 0.0952. The maximum absolute atomic E-state index is 11.9. The first kappa shape index (κ1) is 15.7. The summed E-state index contributed by atoms with van der Waals surface area (Å²) in [5, 5.41) is 2.62.